The predicted octanol–water partition coefficient (Wildman–Crippen LogP) is 5.33. The number of nitrogens with one attached hydrogen (secondary N) is 1. The number of likely N-dealkylation sites (tertiary alicyclic amines) is 1. The average molecular weight is 471 g/mol. The number of benzene rings is 1. The van der Waals surface area contributed by atoms with Crippen molar-refractivity contribution in [3.63, 3.8) is 0 Å². The second kappa shape index (κ2) is 7.39. The molecular weight excluding hydrogens is 444 g/mol. The summed E-state index contributed by atoms with van der Waals surface area (Å²) in [6.07, 6.45) is 3.07. The van der Waals surface area contributed by atoms with E-state index in [1.165, 1.54) is 0 Å². The fourth-order valence-electron chi connectivity index (χ4n) is 4.88. The first-order valence-electron chi connectivity index (χ1n) is 11.0. The van der Waals surface area contributed by atoms with Crippen molar-refractivity contribution >= 4 is 45.5 Å². The minimum atomic E-state index is -0.0642. The number of H-pyrrole nitrogens is 1. The molecule has 0 bridgehead atoms. The van der Waals surface area contributed by atoms with Crippen LogP contribution in [-0.2, 0) is 11.8 Å². The lowest BCUT2D eigenvalue weighted by Crippen LogP contribution is -2.46. The molecule has 2 aromatic heterocycles. The molecule has 0 unspecified atom stereocenters. The van der Waals surface area contributed by atoms with Crippen molar-refractivity contribution in [2.45, 2.75) is 58.8 Å². The third kappa shape index (κ3) is 3.55. The fraction of sp³-hybridized carbons (Fsp3) is 0.500. The molecule has 1 saturated heterocycles. The number of carbonyl (C=O) groups excluding carboxylic acids is 2. The molecule has 1 N–H and O–H groups in total. The molecule has 2 aliphatic rings. The van der Waals surface area contributed by atoms with Gasteiger partial charge in [0.2, 0.25) is 0 Å². The van der Waals surface area contributed by atoms with Gasteiger partial charge in [-0.2, -0.15) is 5.10 Å². The Kier molecular flexibility index (Phi) is 4.98. The van der Waals surface area contributed by atoms with Gasteiger partial charge >= 0.3 is 0 Å². The lowest BCUT2D eigenvalue weighted by Gasteiger charge is -2.43. The SMILES string of the molecule is Cc1[nH]nc2c(Cl)cc(C(=O)N3CCC4(CC3)CC(=O)c3nc(C(C)(C)C)sc3C4)cc12. The van der Waals surface area contributed by atoms with Gasteiger partial charge in [0.25, 0.3) is 5.91 Å². The Hall–Kier alpha value is -2.25. The van der Waals surface area contributed by atoms with Crippen LogP contribution in [0.1, 0.15) is 76.5 Å². The van der Waals surface area contributed by atoms with E-state index in [0.717, 1.165) is 40.2 Å². The highest BCUT2D eigenvalue weighted by atomic mass is 35.5. The van der Waals surface area contributed by atoms with Gasteiger partial charge in [0.05, 0.1) is 10.0 Å². The zero-order chi connectivity index (χ0) is 22.8. The highest BCUT2D eigenvalue weighted by Crippen LogP contribution is 2.46. The van der Waals surface area contributed by atoms with E-state index in [-0.39, 0.29) is 22.5 Å². The second-order valence-electron chi connectivity index (χ2n) is 10.3. The lowest BCUT2D eigenvalue weighted by atomic mass is 9.68. The van der Waals surface area contributed by atoms with Crippen molar-refractivity contribution < 1.29 is 9.59 Å². The van der Waals surface area contributed by atoms with E-state index in [9.17, 15) is 9.59 Å². The Morgan fingerprint density at radius 1 is 1.22 bits per heavy atom. The zero-order valence-corrected chi connectivity index (χ0v) is 20.4. The molecule has 1 aromatic carbocycles. The zero-order valence-electron chi connectivity index (χ0n) is 18.8. The van der Waals surface area contributed by atoms with Crippen LogP contribution in [0, 0.1) is 12.3 Å². The van der Waals surface area contributed by atoms with Crippen LogP contribution in [0.4, 0.5) is 0 Å². The van der Waals surface area contributed by atoms with E-state index in [1.807, 2.05) is 17.9 Å². The maximum Gasteiger partial charge on any atom is 0.253 e. The van der Waals surface area contributed by atoms with Crippen molar-refractivity contribution in [3.05, 3.63) is 44.0 Å². The number of ketones is 1. The van der Waals surface area contributed by atoms with Gasteiger partial charge in [-0.25, -0.2) is 4.98 Å². The van der Waals surface area contributed by atoms with Crippen LogP contribution in [0.3, 0.4) is 0 Å². The van der Waals surface area contributed by atoms with Crippen LogP contribution in [-0.4, -0.2) is 44.9 Å². The molecule has 1 aliphatic carbocycles. The van der Waals surface area contributed by atoms with E-state index in [2.05, 4.69) is 36.0 Å². The number of fused-ring (bicyclic) bond motifs is 2. The van der Waals surface area contributed by atoms with Crippen molar-refractivity contribution in [1.29, 1.82) is 0 Å². The van der Waals surface area contributed by atoms with Gasteiger partial charge in [-0.3, -0.25) is 14.7 Å². The quantitative estimate of drug-likeness (QED) is 0.521. The molecule has 0 saturated carbocycles. The number of amides is 1. The molecular formula is C24H27ClN4O2S. The molecule has 3 aromatic rings. The first-order valence-corrected chi connectivity index (χ1v) is 12.2. The minimum absolute atomic E-state index is 0.0140. The highest BCUT2D eigenvalue weighted by molar-refractivity contribution is 7.12. The van der Waals surface area contributed by atoms with Gasteiger partial charge in [0, 0.05) is 46.4 Å². The third-order valence-electron chi connectivity index (χ3n) is 6.84. The maximum atomic E-state index is 13.2. The highest BCUT2D eigenvalue weighted by Gasteiger charge is 2.44. The molecule has 3 heterocycles. The molecule has 1 fully saturated rings. The summed E-state index contributed by atoms with van der Waals surface area (Å²) >= 11 is 8.06. The van der Waals surface area contributed by atoms with Crippen LogP contribution >= 0.6 is 22.9 Å². The monoisotopic (exact) mass is 470 g/mol. The Balaban J connectivity index is 1.34. The number of aromatic amines is 1. The predicted molar refractivity (Wildman–Crippen MR) is 127 cm³/mol. The number of piperidine rings is 1. The summed E-state index contributed by atoms with van der Waals surface area (Å²) in [5.74, 6) is 0.144. The first kappa shape index (κ1) is 21.6. The first-order chi connectivity index (χ1) is 15.1. The molecule has 168 valence electrons. The van der Waals surface area contributed by atoms with E-state index in [1.54, 1.807) is 17.4 Å². The molecule has 32 heavy (non-hydrogen) atoms. The van der Waals surface area contributed by atoms with Crippen LogP contribution in [0.25, 0.3) is 10.9 Å². The summed E-state index contributed by atoms with van der Waals surface area (Å²) in [7, 11) is 0. The number of nitrogens with zero attached hydrogens (tertiary/aromatic N) is 3. The number of rotatable bonds is 1. The second-order valence-corrected chi connectivity index (χ2v) is 11.8. The minimum Gasteiger partial charge on any atom is -0.339 e. The Bertz CT molecular complexity index is 1240. The number of hydrogen-bond acceptors (Lipinski definition) is 5. The smallest absolute Gasteiger partial charge is 0.253 e. The summed E-state index contributed by atoms with van der Waals surface area (Å²) in [6.45, 7) is 9.62. The summed E-state index contributed by atoms with van der Waals surface area (Å²) in [5, 5.41) is 9.53. The van der Waals surface area contributed by atoms with E-state index in [0.29, 0.717) is 41.3 Å². The summed E-state index contributed by atoms with van der Waals surface area (Å²) < 4.78 is 0. The van der Waals surface area contributed by atoms with Crippen molar-refractivity contribution in [1.82, 2.24) is 20.1 Å². The van der Waals surface area contributed by atoms with Gasteiger partial charge in [-0.1, -0.05) is 32.4 Å². The molecule has 5 rings (SSSR count). The molecule has 1 aliphatic heterocycles. The number of Topliss-reactive ketones (excluding diaryl/α,β-unsaturated/α-hetero) is 1. The standard InChI is InChI=1S/C24H27ClN4O2S/c1-13-15-9-14(10-16(25)19(15)28-27-13)21(31)29-7-5-24(6-8-29)11-17(30)20-18(12-24)32-22(26-20)23(2,3)4/h9-10H,5-8,11-12H2,1-4H3,(H,27,28). The van der Waals surface area contributed by atoms with Crippen molar-refractivity contribution in [3.8, 4) is 0 Å². The van der Waals surface area contributed by atoms with E-state index < -0.39 is 0 Å². The maximum absolute atomic E-state index is 13.2. The summed E-state index contributed by atoms with van der Waals surface area (Å²) in [5.41, 5.74) is 2.73. The largest absolute Gasteiger partial charge is 0.339 e. The summed E-state index contributed by atoms with van der Waals surface area (Å²) in [4.78, 5) is 33.9. The Morgan fingerprint density at radius 3 is 2.62 bits per heavy atom. The van der Waals surface area contributed by atoms with Gasteiger partial charge < -0.3 is 4.90 Å². The fourth-order valence-corrected chi connectivity index (χ4v) is 6.45. The number of thiazole rings is 1. The number of halogens is 1. The van der Waals surface area contributed by atoms with E-state index in [4.69, 9.17) is 11.6 Å². The molecule has 1 spiro atoms. The van der Waals surface area contributed by atoms with Crippen LogP contribution in [0.5, 0.6) is 0 Å². The number of hydrogen-bond donors (Lipinski definition) is 1. The Labute approximate surface area is 196 Å². The van der Waals surface area contributed by atoms with E-state index >= 15 is 0 Å². The molecule has 8 heteroatoms. The normalized spacial score (nSPS) is 18.4. The third-order valence-corrected chi connectivity index (χ3v) is 8.60. The average Bonchev–Trinajstić information content (AvgIpc) is 3.32. The Morgan fingerprint density at radius 2 is 1.94 bits per heavy atom. The molecule has 6 nitrogen and oxygen atoms in total. The summed E-state index contributed by atoms with van der Waals surface area (Å²) in [6, 6.07) is 3.58. The van der Waals surface area contributed by atoms with Gasteiger partial charge in [-0.15, -0.1) is 11.3 Å². The lowest BCUT2D eigenvalue weighted by molar-refractivity contribution is 0.0522. The number of carbonyl (C=O) groups is 2. The molecule has 0 radical (unpaired) electrons. The van der Waals surface area contributed by atoms with Crippen molar-refractivity contribution in [2.75, 3.05) is 13.1 Å². The van der Waals surface area contributed by atoms with Crippen LogP contribution in [0.2, 0.25) is 5.02 Å². The van der Waals surface area contributed by atoms with Crippen LogP contribution in [0.15, 0.2) is 12.1 Å². The number of aromatic nitrogens is 3. The molecule has 0 atom stereocenters. The topological polar surface area (TPSA) is 79.0 Å². The van der Waals surface area contributed by atoms with Gasteiger partial charge in [0.1, 0.15) is 11.2 Å². The van der Waals surface area contributed by atoms with Gasteiger partial charge in [-0.05, 0) is 43.7 Å². The van der Waals surface area contributed by atoms with Gasteiger partial charge in [0.15, 0.2) is 5.78 Å². The van der Waals surface area contributed by atoms with Crippen LogP contribution < -0.4 is 0 Å². The molecule has 1 amide bonds. The van der Waals surface area contributed by atoms with Crippen molar-refractivity contribution in [2.24, 2.45) is 5.41 Å². The number of aryl methyl sites for hydroxylation is 1.